The molecule has 2 saturated carbocycles. The molecule has 0 atom stereocenters. The zero-order valence-electron chi connectivity index (χ0n) is 9.91. The van der Waals surface area contributed by atoms with E-state index < -0.39 is 0 Å². The van der Waals surface area contributed by atoms with Crippen molar-refractivity contribution in [3.05, 3.63) is 29.8 Å². The third-order valence-corrected chi connectivity index (χ3v) is 3.34. The lowest BCUT2D eigenvalue weighted by Crippen LogP contribution is -2.15. The Kier molecular flexibility index (Phi) is 2.85. The molecule has 1 amide bonds. The van der Waals surface area contributed by atoms with E-state index in [0.717, 1.165) is 31.1 Å². The van der Waals surface area contributed by atoms with Gasteiger partial charge in [-0.3, -0.25) is 4.79 Å². The maximum absolute atomic E-state index is 11.6. The second-order valence-electron chi connectivity index (χ2n) is 5.12. The summed E-state index contributed by atoms with van der Waals surface area (Å²) in [4.78, 5) is 11.6. The first-order valence-electron chi connectivity index (χ1n) is 6.44. The van der Waals surface area contributed by atoms with E-state index in [0.29, 0.717) is 0 Å². The van der Waals surface area contributed by atoms with Crippen LogP contribution in [0.2, 0.25) is 0 Å². The summed E-state index contributed by atoms with van der Waals surface area (Å²) in [5.41, 5.74) is 2.19. The Morgan fingerprint density at radius 3 is 2.41 bits per heavy atom. The van der Waals surface area contributed by atoms with Gasteiger partial charge in [-0.05, 0) is 43.4 Å². The van der Waals surface area contributed by atoms with Gasteiger partial charge in [0.25, 0.3) is 0 Å². The van der Waals surface area contributed by atoms with Gasteiger partial charge >= 0.3 is 0 Å². The fraction of sp³-hybridized carbons (Fsp3) is 0.500. The molecule has 2 aliphatic carbocycles. The van der Waals surface area contributed by atoms with Crippen LogP contribution in [-0.2, 0) is 11.3 Å². The quantitative estimate of drug-likeness (QED) is 0.815. The zero-order chi connectivity index (χ0) is 11.7. The number of carbonyl (C=O) groups excluding carboxylic acids is 1. The van der Waals surface area contributed by atoms with Crippen molar-refractivity contribution in [2.24, 2.45) is 5.92 Å². The van der Waals surface area contributed by atoms with Gasteiger partial charge in [-0.25, -0.2) is 0 Å². The van der Waals surface area contributed by atoms with Crippen molar-refractivity contribution >= 4 is 11.6 Å². The Balaban J connectivity index is 1.52. The van der Waals surface area contributed by atoms with Crippen LogP contribution in [0.5, 0.6) is 0 Å². The molecule has 0 saturated heterocycles. The summed E-state index contributed by atoms with van der Waals surface area (Å²) >= 11 is 0. The molecule has 2 fully saturated rings. The summed E-state index contributed by atoms with van der Waals surface area (Å²) in [5.74, 6) is 0.445. The van der Waals surface area contributed by atoms with E-state index in [4.69, 9.17) is 0 Å². The first-order valence-corrected chi connectivity index (χ1v) is 6.44. The molecule has 90 valence electrons. The Labute approximate surface area is 102 Å². The zero-order valence-corrected chi connectivity index (χ0v) is 9.91. The fourth-order valence-electron chi connectivity index (χ4n) is 1.85. The SMILES string of the molecule is O=C(Nc1ccc(CNC2CC2)cc1)C1CC1. The molecule has 0 spiro atoms. The molecule has 1 aromatic rings. The van der Waals surface area contributed by atoms with Crippen molar-refractivity contribution < 1.29 is 4.79 Å². The molecule has 0 radical (unpaired) electrons. The van der Waals surface area contributed by atoms with Gasteiger partial charge in [-0.2, -0.15) is 0 Å². The minimum atomic E-state index is 0.175. The second kappa shape index (κ2) is 4.49. The fourth-order valence-corrected chi connectivity index (χ4v) is 1.85. The minimum Gasteiger partial charge on any atom is -0.326 e. The summed E-state index contributed by atoms with van der Waals surface area (Å²) in [6, 6.07) is 8.88. The number of carbonyl (C=O) groups is 1. The van der Waals surface area contributed by atoms with Crippen LogP contribution in [0.25, 0.3) is 0 Å². The first-order chi connectivity index (χ1) is 8.31. The van der Waals surface area contributed by atoms with E-state index in [1.807, 2.05) is 12.1 Å². The third-order valence-electron chi connectivity index (χ3n) is 3.34. The molecule has 3 nitrogen and oxygen atoms in total. The predicted molar refractivity (Wildman–Crippen MR) is 67.7 cm³/mol. The van der Waals surface area contributed by atoms with Crippen LogP contribution < -0.4 is 10.6 Å². The van der Waals surface area contributed by atoms with Crippen LogP contribution in [0.4, 0.5) is 5.69 Å². The van der Waals surface area contributed by atoms with Crippen LogP contribution in [-0.4, -0.2) is 11.9 Å². The Morgan fingerprint density at radius 2 is 1.82 bits per heavy atom. The number of hydrogen-bond acceptors (Lipinski definition) is 2. The maximum Gasteiger partial charge on any atom is 0.227 e. The van der Waals surface area contributed by atoms with E-state index in [-0.39, 0.29) is 11.8 Å². The van der Waals surface area contributed by atoms with Gasteiger partial charge in [0.05, 0.1) is 0 Å². The molecule has 3 heteroatoms. The highest BCUT2D eigenvalue weighted by Crippen LogP contribution is 2.30. The second-order valence-corrected chi connectivity index (χ2v) is 5.12. The molecule has 0 aliphatic heterocycles. The van der Waals surface area contributed by atoms with Gasteiger partial charge in [0.15, 0.2) is 0 Å². The molecule has 1 aromatic carbocycles. The van der Waals surface area contributed by atoms with Crippen LogP contribution >= 0.6 is 0 Å². The van der Waals surface area contributed by atoms with Gasteiger partial charge in [0.2, 0.25) is 5.91 Å². The molecular formula is C14H18N2O. The van der Waals surface area contributed by atoms with E-state index in [1.54, 1.807) is 0 Å². The Hall–Kier alpha value is -1.35. The van der Waals surface area contributed by atoms with Crippen molar-refractivity contribution in [1.29, 1.82) is 0 Å². The lowest BCUT2D eigenvalue weighted by molar-refractivity contribution is -0.117. The molecule has 0 heterocycles. The molecule has 2 aliphatic rings. The van der Waals surface area contributed by atoms with Gasteiger partial charge in [-0.1, -0.05) is 12.1 Å². The molecule has 2 N–H and O–H groups in total. The van der Waals surface area contributed by atoms with Crippen molar-refractivity contribution in [2.45, 2.75) is 38.3 Å². The van der Waals surface area contributed by atoms with E-state index in [9.17, 15) is 4.79 Å². The van der Waals surface area contributed by atoms with Crippen LogP contribution in [0, 0.1) is 5.92 Å². The Bertz CT molecular complexity index is 405. The monoisotopic (exact) mass is 230 g/mol. The van der Waals surface area contributed by atoms with Crippen molar-refractivity contribution in [1.82, 2.24) is 5.32 Å². The number of hydrogen-bond donors (Lipinski definition) is 2. The third kappa shape index (κ3) is 3.07. The highest BCUT2D eigenvalue weighted by atomic mass is 16.2. The molecule has 0 bridgehead atoms. The van der Waals surface area contributed by atoms with Crippen LogP contribution in [0.15, 0.2) is 24.3 Å². The molecule has 17 heavy (non-hydrogen) atoms. The van der Waals surface area contributed by atoms with Gasteiger partial charge in [0, 0.05) is 24.2 Å². The van der Waals surface area contributed by atoms with E-state index >= 15 is 0 Å². The van der Waals surface area contributed by atoms with Crippen LogP contribution in [0.1, 0.15) is 31.2 Å². The molecule has 0 aromatic heterocycles. The van der Waals surface area contributed by atoms with Gasteiger partial charge in [-0.15, -0.1) is 0 Å². The number of nitrogens with one attached hydrogen (secondary N) is 2. The molecule has 3 rings (SSSR count). The van der Waals surface area contributed by atoms with Crippen molar-refractivity contribution in [2.75, 3.05) is 5.32 Å². The average Bonchev–Trinajstić information content (AvgIpc) is 3.19. The molecular weight excluding hydrogens is 212 g/mol. The largest absolute Gasteiger partial charge is 0.326 e. The highest BCUT2D eigenvalue weighted by molar-refractivity contribution is 5.93. The number of amides is 1. The topological polar surface area (TPSA) is 41.1 Å². The van der Waals surface area contributed by atoms with Gasteiger partial charge < -0.3 is 10.6 Å². The van der Waals surface area contributed by atoms with E-state index in [1.165, 1.54) is 18.4 Å². The van der Waals surface area contributed by atoms with Gasteiger partial charge in [0.1, 0.15) is 0 Å². The van der Waals surface area contributed by atoms with Crippen molar-refractivity contribution in [3.8, 4) is 0 Å². The van der Waals surface area contributed by atoms with E-state index in [2.05, 4.69) is 22.8 Å². The normalized spacial score (nSPS) is 19.1. The number of anilines is 1. The number of rotatable bonds is 5. The molecule has 0 unspecified atom stereocenters. The summed E-state index contributed by atoms with van der Waals surface area (Å²) in [6.07, 6.45) is 4.73. The summed E-state index contributed by atoms with van der Waals surface area (Å²) < 4.78 is 0. The maximum atomic E-state index is 11.6. The standard InChI is InChI=1S/C14H18N2O/c17-14(11-3-4-11)16-13-5-1-10(2-6-13)9-15-12-7-8-12/h1-2,5-6,11-12,15H,3-4,7-9H2,(H,16,17). The van der Waals surface area contributed by atoms with Crippen LogP contribution in [0.3, 0.4) is 0 Å². The lowest BCUT2D eigenvalue weighted by atomic mass is 10.2. The Morgan fingerprint density at radius 1 is 1.12 bits per heavy atom. The summed E-state index contributed by atoms with van der Waals surface area (Å²) in [5, 5.41) is 6.42. The predicted octanol–water partition coefficient (Wildman–Crippen LogP) is 2.29. The first kappa shape index (κ1) is 10.8. The number of benzene rings is 1. The smallest absolute Gasteiger partial charge is 0.227 e. The lowest BCUT2D eigenvalue weighted by Gasteiger charge is -2.06. The summed E-state index contributed by atoms with van der Waals surface area (Å²) in [7, 11) is 0. The summed E-state index contributed by atoms with van der Waals surface area (Å²) in [6.45, 7) is 0.932. The van der Waals surface area contributed by atoms with Crippen molar-refractivity contribution in [3.63, 3.8) is 0 Å². The minimum absolute atomic E-state index is 0.175. The highest BCUT2D eigenvalue weighted by Gasteiger charge is 2.29. The average molecular weight is 230 g/mol.